The average Bonchev–Trinajstić information content (AvgIpc) is 2.82. The highest BCUT2D eigenvalue weighted by Gasteiger charge is 2.28. The maximum Gasteiger partial charge on any atom is 0.166 e. The summed E-state index contributed by atoms with van der Waals surface area (Å²) in [5, 5.41) is 0. The van der Waals surface area contributed by atoms with Crippen LogP contribution in [-0.2, 0) is 10.9 Å². The normalized spacial score (nSPS) is 17.1. The molecule has 0 aromatic heterocycles. The highest BCUT2D eigenvalue weighted by Crippen LogP contribution is 2.34. The maximum absolute atomic E-state index is 2.44. The van der Waals surface area contributed by atoms with Gasteiger partial charge in [0.15, 0.2) is 14.7 Å². The molecule has 1 aliphatic rings. The summed E-state index contributed by atoms with van der Waals surface area (Å²) in [6, 6.07) is 31.7. The highest BCUT2D eigenvalue weighted by molar-refractivity contribution is 7.97. The third kappa shape index (κ3) is 6.50. The Hall–Kier alpha value is -1.99. The van der Waals surface area contributed by atoms with Crippen molar-refractivity contribution in [1.29, 1.82) is 0 Å². The van der Waals surface area contributed by atoms with Gasteiger partial charge in [-0.25, -0.2) is 0 Å². The van der Waals surface area contributed by atoms with Crippen LogP contribution in [0.15, 0.2) is 99.6 Å². The van der Waals surface area contributed by atoms with Crippen molar-refractivity contribution in [2.24, 2.45) is 0 Å². The summed E-state index contributed by atoms with van der Waals surface area (Å²) in [7, 11) is -0.0433. The lowest BCUT2D eigenvalue weighted by Gasteiger charge is -2.19. The number of hydrogen-bond donors (Lipinski definition) is 0. The molecule has 4 rings (SSSR count). The van der Waals surface area contributed by atoms with Crippen LogP contribution in [0, 0.1) is 0 Å². The molecular weight excluding hydrogens is 392 g/mol. The Bertz CT molecular complexity index is 818. The fourth-order valence-corrected chi connectivity index (χ4v) is 6.98. The summed E-state index contributed by atoms with van der Waals surface area (Å²) in [5.74, 6) is 0.740. The minimum absolute atomic E-state index is 0.0433. The van der Waals surface area contributed by atoms with Crippen LogP contribution in [0.5, 0.6) is 0 Å². The molecule has 1 saturated carbocycles. The van der Waals surface area contributed by atoms with Crippen molar-refractivity contribution in [2.75, 3.05) is 0 Å². The summed E-state index contributed by atoms with van der Waals surface area (Å²) in [6.07, 6.45) is 15.6. The van der Waals surface area contributed by atoms with E-state index in [0.717, 1.165) is 5.92 Å². The third-order valence-electron chi connectivity index (χ3n) is 6.65. The van der Waals surface area contributed by atoms with Crippen LogP contribution >= 0.6 is 0 Å². The van der Waals surface area contributed by atoms with Gasteiger partial charge in [0, 0.05) is 0 Å². The van der Waals surface area contributed by atoms with Gasteiger partial charge in [-0.1, -0.05) is 106 Å². The predicted octanol–water partition coefficient (Wildman–Crippen LogP) is 9.17. The molecular formula is C30H37S+. The fourth-order valence-electron chi connectivity index (χ4n) is 4.89. The molecule has 0 nitrogen and oxygen atoms in total. The van der Waals surface area contributed by atoms with Gasteiger partial charge in [0.25, 0.3) is 0 Å². The summed E-state index contributed by atoms with van der Waals surface area (Å²) in [4.78, 5) is 4.22. The van der Waals surface area contributed by atoms with Crippen LogP contribution in [-0.4, -0.2) is 0 Å². The van der Waals surface area contributed by atoms with Crippen LogP contribution in [0.2, 0.25) is 0 Å². The second-order valence-corrected chi connectivity index (χ2v) is 11.0. The Morgan fingerprint density at radius 1 is 0.419 bits per heavy atom. The molecule has 0 spiro atoms. The zero-order chi connectivity index (χ0) is 21.1. The van der Waals surface area contributed by atoms with Gasteiger partial charge in [-0.2, -0.15) is 0 Å². The first-order valence-corrected chi connectivity index (χ1v) is 13.6. The minimum atomic E-state index is -0.0433. The van der Waals surface area contributed by atoms with E-state index in [1.165, 1.54) is 85.3 Å². The van der Waals surface area contributed by atoms with Gasteiger partial charge in [0.05, 0.1) is 10.9 Å². The van der Waals surface area contributed by atoms with Gasteiger partial charge in [-0.05, 0) is 60.7 Å². The van der Waals surface area contributed by atoms with Crippen molar-refractivity contribution in [3.8, 4) is 0 Å². The van der Waals surface area contributed by atoms with E-state index in [0.29, 0.717) is 0 Å². The number of benzene rings is 3. The van der Waals surface area contributed by atoms with Crippen molar-refractivity contribution in [2.45, 2.75) is 91.2 Å². The van der Waals surface area contributed by atoms with Crippen molar-refractivity contribution < 1.29 is 0 Å². The molecule has 1 fully saturated rings. The lowest BCUT2D eigenvalue weighted by molar-refractivity contribution is 0.467. The summed E-state index contributed by atoms with van der Waals surface area (Å²) < 4.78 is 0. The second-order valence-electron chi connectivity index (χ2n) is 8.96. The Morgan fingerprint density at radius 3 is 1.26 bits per heavy atom. The van der Waals surface area contributed by atoms with Crippen LogP contribution in [0.4, 0.5) is 0 Å². The van der Waals surface area contributed by atoms with Gasteiger partial charge in [-0.3, -0.25) is 0 Å². The smallest absolute Gasteiger partial charge is 0.0619 e. The van der Waals surface area contributed by atoms with Crippen molar-refractivity contribution in [1.82, 2.24) is 0 Å². The van der Waals surface area contributed by atoms with Gasteiger partial charge < -0.3 is 0 Å². The molecule has 0 bridgehead atoms. The third-order valence-corrected chi connectivity index (χ3v) is 8.88. The average molecular weight is 430 g/mol. The Kier molecular flexibility index (Phi) is 8.71. The molecule has 0 saturated heterocycles. The molecule has 0 aliphatic heterocycles. The molecule has 3 aromatic rings. The van der Waals surface area contributed by atoms with E-state index in [1.807, 2.05) is 0 Å². The lowest BCUT2D eigenvalue weighted by atomic mass is 9.87. The van der Waals surface area contributed by atoms with Crippen molar-refractivity contribution in [3.05, 3.63) is 90.5 Å². The SMILES string of the molecule is c1ccc([S+](c2ccccc2)c2ccc(C3CCCCCCCCCCC3)cc2)cc1. The van der Waals surface area contributed by atoms with E-state index in [9.17, 15) is 0 Å². The Balaban J connectivity index is 1.54. The van der Waals surface area contributed by atoms with Gasteiger partial charge in [-0.15, -0.1) is 0 Å². The summed E-state index contributed by atoms with van der Waals surface area (Å²) >= 11 is 0. The van der Waals surface area contributed by atoms with Crippen LogP contribution in [0.3, 0.4) is 0 Å². The molecule has 0 radical (unpaired) electrons. The molecule has 1 heteroatoms. The molecule has 1 aliphatic carbocycles. The Morgan fingerprint density at radius 2 is 0.806 bits per heavy atom. The van der Waals surface area contributed by atoms with Crippen LogP contribution in [0.25, 0.3) is 0 Å². The highest BCUT2D eigenvalue weighted by atomic mass is 32.2. The van der Waals surface area contributed by atoms with E-state index < -0.39 is 0 Å². The van der Waals surface area contributed by atoms with Crippen LogP contribution in [0.1, 0.15) is 82.1 Å². The lowest BCUT2D eigenvalue weighted by Crippen LogP contribution is -2.06. The molecule has 0 unspecified atom stereocenters. The molecule has 162 valence electrons. The topological polar surface area (TPSA) is 0 Å². The monoisotopic (exact) mass is 429 g/mol. The van der Waals surface area contributed by atoms with E-state index in [2.05, 4.69) is 84.9 Å². The van der Waals surface area contributed by atoms with Gasteiger partial charge in [0.2, 0.25) is 0 Å². The second kappa shape index (κ2) is 12.2. The van der Waals surface area contributed by atoms with Crippen molar-refractivity contribution >= 4 is 10.9 Å². The molecule has 0 heterocycles. The first-order valence-electron chi connectivity index (χ1n) is 12.4. The van der Waals surface area contributed by atoms with Crippen molar-refractivity contribution in [3.63, 3.8) is 0 Å². The van der Waals surface area contributed by atoms with Crippen LogP contribution < -0.4 is 0 Å². The largest absolute Gasteiger partial charge is 0.166 e. The number of rotatable bonds is 4. The molecule has 31 heavy (non-hydrogen) atoms. The molecule has 0 N–H and O–H groups in total. The number of hydrogen-bond acceptors (Lipinski definition) is 0. The zero-order valence-electron chi connectivity index (χ0n) is 18.8. The van der Waals surface area contributed by atoms with Gasteiger partial charge >= 0.3 is 0 Å². The minimum Gasteiger partial charge on any atom is -0.0619 e. The molecule has 3 aromatic carbocycles. The zero-order valence-corrected chi connectivity index (χ0v) is 19.7. The van der Waals surface area contributed by atoms with Gasteiger partial charge in [0.1, 0.15) is 0 Å². The Labute approximate surface area is 192 Å². The van der Waals surface area contributed by atoms with E-state index in [4.69, 9.17) is 0 Å². The molecule has 0 atom stereocenters. The molecule has 0 amide bonds. The van der Waals surface area contributed by atoms with E-state index >= 15 is 0 Å². The fraction of sp³-hybridized carbons (Fsp3) is 0.400. The summed E-state index contributed by atoms with van der Waals surface area (Å²) in [6.45, 7) is 0. The van der Waals surface area contributed by atoms with E-state index in [-0.39, 0.29) is 10.9 Å². The first-order chi connectivity index (χ1) is 15.4. The standard InChI is InChI=1S/C30H37S/c1-2-4-6-10-16-26(17-11-7-5-3-1)27-22-24-30(25-23-27)31(28-18-12-8-13-19-28)29-20-14-9-15-21-29/h8-9,12-15,18-26H,1-7,10-11,16-17H2/q+1. The van der Waals surface area contributed by atoms with E-state index in [1.54, 1.807) is 5.56 Å². The summed E-state index contributed by atoms with van der Waals surface area (Å²) in [5.41, 5.74) is 1.56. The quantitative estimate of drug-likeness (QED) is 0.363. The first kappa shape index (κ1) is 22.2. The predicted molar refractivity (Wildman–Crippen MR) is 135 cm³/mol. The maximum atomic E-state index is 2.44.